The Labute approximate surface area is 115 Å². The van der Waals surface area contributed by atoms with Gasteiger partial charge in [0.25, 0.3) is 0 Å². The number of anilines is 1. The molecule has 1 aromatic rings. The number of hydrogen-bond acceptors (Lipinski definition) is 4. The van der Waals surface area contributed by atoms with Crippen molar-refractivity contribution in [2.45, 2.75) is 43.9 Å². The molecule has 1 atom stereocenters. The average molecular weight is 312 g/mol. The van der Waals surface area contributed by atoms with Crippen molar-refractivity contribution >= 4 is 21.7 Å². The first-order valence-corrected chi connectivity index (χ1v) is 7.45. The summed E-state index contributed by atoms with van der Waals surface area (Å²) in [5.41, 5.74) is 7.13. The van der Waals surface area contributed by atoms with Crippen molar-refractivity contribution < 1.29 is 4.74 Å². The number of halogens is 1. The number of hydrogen-bond donors (Lipinski definition) is 1. The van der Waals surface area contributed by atoms with Crippen LogP contribution in [-0.4, -0.2) is 23.2 Å². The average Bonchev–Trinajstić information content (AvgIpc) is 3.03. The van der Waals surface area contributed by atoms with Crippen molar-refractivity contribution in [2.75, 3.05) is 18.9 Å². The van der Waals surface area contributed by atoms with Gasteiger partial charge in [-0.2, -0.15) is 0 Å². The van der Waals surface area contributed by atoms with E-state index in [9.17, 15) is 0 Å². The molecule has 1 aromatic heterocycles. The highest BCUT2D eigenvalue weighted by molar-refractivity contribution is 9.10. The molecule has 1 unspecified atom stereocenters. The molecule has 0 aromatic carbocycles. The number of nitrogens with two attached hydrogens (primary N) is 1. The number of ether oxygens (including phenoxy) is 1. The molecule has 2 heterocycles. The highest BCUT2D eigenvalue weighted by Crippen LogP contribution is 2.39. The van der Waals surface area contributed by atoms with Crippen LogP contribution in [0.4, 0.5) is 5.82 Å². The molecule has 2 aliphatic rings. The Morgan fingerprint density at radius 2 is 1.89 bits per heavy atom. The molecule has 0 radical (unpaired) electrons. The van der Waals surface area contributed by atoms with E-state index in [0.29, 0.717) is 17.7 Å². The lowest BCUT2D eigenvalue weighted by Crippen LogP contribution is -2.11. The van der Waals surface area contributed by atoms with Gasteiger partial charge in [-0.15, -0.1) is 0 Å². The Kier molecular flexibility index (Phi) is 3.52. The molecule has 1 aliphatic heterocycles. The third-order valence-electron chi connectivity index (χ3n) is 3.96. The van der Waals surface area contributed by atoms with Gasteiger partial charge in [0.05, 0.1) is 16.8 Å². The zero-order valence-electron chi connectivity index (χ0n) is 10.4. The normalized spacial score (nSPS) is 24.8. The zero-order valence-corrected chi connectivity index (χ0v) is 11.9. The van der Waals surface area contributed by atoms with Crippen LogP contribution in [0.5, 0.6) is 0 Å². The van der Waals surface area contributed by atoms with Gasteiger partial charge in [-0.3, -0.25) is 0 Å². The van der Waals surface area contributed by atoms with E-state index in [1.165, 1.54) is 25.7 Å². The fourth-order valence-electron chi connectivity index (χ4n) is 2.89. The lowest BCUT2D eigenvalue weighted by Gasteiger charge is -2.15. The van der Waals surface area contributed by atoms with Crippen molar-refractivity contribution in [2.24, 2.45) is 0 Å². The van der Waals surface area contributed by atoms with Crippen LogP contribution in [0.2, 0.25) is 0 Å². The summed E-state index contributed by atoms with van der Waals surface area (Å²) in [6.07, 6.45) is 6.03. The topological polar surface area (TPSA) is 61.0 Å². The molecular formula is C13H18BrN3O. The van der Waals surface area contributed by atoms with Crippen LogP contribution < -0.4 is 5.73 Å². The minimum absolute atomic E-state index is 0.320. The third-order valence-corrected chi connectivity index (χ3v) is 4.77. The SMILES string of the molecule is Nc1nc(C2CCOC2)nc(C2CCCC2)c1Br. The van der Waals surface area contributed by atoms with Crippen LogP contribution in [0.1, 0.15) is 55.5 Å². The molecule has 0 amide bonds. The zero-order chi connectivity index (χ0) is 12.5. The van der Waals surface area contributed by atoms with E-state index in [-0.39, 0.29) is 0 Å². The van der Waals surface area contributed by atoms with Crippen LogP contribution in [0.15, 0.2) is 4.47 Å². The van der Waals surface area contributed by atoms with E-state index < -0.39 is 0 Å². The van der Waals surface area contributed by atoms with E-state index in [4.69, 9.17) is 15.5 Å². The van der Waals surface area contributed by atoms with Gasteiger partial charge in [-0.1, -0.05) is 12.8 Å². The highest BCUT2D eigenvalue weighted by atomic mass is 79.9. The Morgan fingerprint density at radius 1 is 1.11 bits per heavy atom. The molecule has 0 bridgehead atoms. The minimum atomic E-state index is 0.320. The van der Waals surface area contributed by atoms with E-state index in [1.54, 1.807) is 0 Å². The third kappa shape index (κ3) is 2.26. The Balaban J connectivity index is 1.95. The first-order valence-electron chi connectivity index (χ1n) is 6.66. The summed E-state index contributed by atoms with van der Waals surface area (Å²) in [7, 11) is 0. The monoisotopic (exact) mass is 311 g/mol. The van der Waals surface area contributed by atoms with Crippen LogP contribution in [0, 0.1) is 0 Å². The van der Waals surface area contributed by atoms with E-state index in [1.807, 2.05) is 0 Å². The lowest BCUT2D eigenvalue weighted by molar-refractivity contribution is 0.193. The second-order valence-corrected chi connectivity index (χ2v) is 6.00. The second kappa shape index (κ2) is 5.13. The molecule has 98 valence electrons. The quantitative estimate of drug-likeness (QED) is 0.912. The molecule has 5 heteroatoms. The maximum Gasteiger partial charge on any atom is 0.141 e. The number of nitrogens with zero attached hydrogens (tertiary/aromatic N) is 2. The molecule has 2 fully saturated rings. The Hall–Kier alpha value is -0.680. The van der Waals surface area contributed by atoms with Crippen molar-refractivity contribution in [3.63, 3.8) is 0 Å². The van der Waals surface area contributed by atoms with Gasteiger partial charge >= 0.3 is 0 Å². The summed E-state index contributed by atoms with van der Waals surface area (Å²) in [6, 6.07) is 0. The predicted molar refractivity (Wildman–Crippen MR) is 73.5 cm³/mol. The standard InChI is InChI=1S/C13H18BrN3O/c14-10-11(8-3-1-2-4-8)16-13(17-12(10)15)9-5-6-18-7-9/h8-9H,1-7H2,(H2,15,16,17). The summed E-state index contributed by atoms with van der Waals surface area (Å²) >= 11 is 3.55. The molecular weight excluding hydrogens is 294 g/mol. The summed E-state index contributed by atoms with van der Waals surface area (Å²) in [5.74, 6) is 2.31. The van der Waals surface area contributed by atoms with Crippen molar-refractivity contribution in [1.82, 2.24) is 9.97 Å². The van der Waals surface area contributed by atoms with Gasteiger partial charge in [-0.05, 0) is 35.2 Å². The Morgan fingerprint density at radius 3 is 2.56 bits per heavy atom. The lowest BCUT2D eigenvalue weighted by atomic mass is 10.0. The summed E-state index contributed by atoms with van der Waals surface area (Å²) in [6.45, 7) is 1.54. The largest absolute Gasteiger partial charge is 0.383 e. The predicted octanol–water partition coefficient (Wildman–Crippen LogP) is 2.98. The fourth-order valence-corrected chi connectivity index (χ4v) is 3.39. The Bertz CT molecular complexity index is 440. The van der Waals surface area contributed by atoms with Gasteiger partial charge in [0.2, 0.25) is 0 Å². The van der Waals surface area contributed by atoms with Crippen LogP contribution in [-0.2, 0) is 4.74 Å². The molecule has 2 N–H and O–H groups in total. The van der Waals surface area contributed by atoms with Gasteiger partial charge in [-0.25, -0.2) is 9.97 Å². The number of rotatable bonds is 2. The van der Waals surface area contributed by atoms with Crippen molar-refractivity contribution in [1.29, 1.82) is 0 Å². The van der Waals surface area contributed by atoms with Gasteiger partial charge in [0, 0.05) is 18.4 Å². The van der Waals surface area contributed by atoms with E-state index in [0.717, 1.165) is 35.6 Å². The molecule has 1 saturated heterocycles. The van der Waals surface area contributed by atoms with Crippen LogP contribution in [0.3, 0.4) is 0 Å². The fraction of sp³-hybridized carbons (Fsp3) is 0.692. The smallest absolute Gasteiger partial charge is 0.141 e. The molecule has 18 heavy (non-hydrogen) atoms. The summed E-state index contributed by atoms with van der Waals surface area (Å²) in [5, 5.41) is 0. The molecule has 0 spiro atoms. The number of nitrogen functional groups attached to an aromatic ring is 1. The molecule has 3 rings (SSSR count). The van der Waals surface area contributed by atoms with Gasteiger partial charge in [0.1, 0.15) is 11.6 Å². The highest BCUT2D eigenvalue weighted by Gasteiger charge is 2.27. The van der Waals surface area contributed by atoms with Crippen molar-refractivity contribution in [3.05, 3.63) is 16.0 Å². The first kappa shape index (κ1) is 12.4. The van der Waals surface area contributed by atoms with Gasteiger partial charge < -0.3 is 10.5 Å². The van der Waals surface area contributed by atoms with Crippen LogP contribution in [0.25, 0.3) is 0 Å². The summed E-state index contributed by atoms with van der Waals surface area (Å²) in [4.78, 5) is 9.21. The van der Waals surface area contributed by atoms with Crippen molar-refractivity contribution in [3.8, 4) is 0 Å². The molecule has 4 nitrogen and oxygen atoms in total. The van der Waals surface area contributed by atoms with E-state index >= 15 is 0 Å². The maximum absolute atomic E-state index is 6.02. The molecule has 1 aliphatic carbocycles. The van der Waals surface area contributed by atoms with Gasteiger partial charge in [0.15, 0.2) is 0 Å². The number of aromatic nitrogens is 2. The molecule has 1 saturated carbocycles. The van der Waals surface area contributed by atoms with E-state index in [2.05, 4.69) is 20.9 Å². The summed E-state index contributed by atoms with van der Waals surface area (Å²) < 4.78 is 6.31. The van der Waals surface area contributed by atoms with Crippen LogP contribution >= 0.6 is 15.9 Å². The maximum atomic E-state index is 6.02. The second-order valence-electron chi connectivity index (χ2n) is 5.21. The minimum Gasteiger partial charge on any atom is -0.383 e. The first-order chi connectivity index (χ1) is 8.75.